The standard InChI is InChI=1S/C37H36N2O6S2/c40-22-24-14-16-26(17-15-24)32-20-30(23-46-37-39-31-10-1-2-11-33(31)47-37)44-36(45-32)29-9-4-8-28(19-29)27-7-3-6-25(18-27)21-38-34(41)12-5-13-35(42)43/h1-4,6-11,14-19,30,32,36,40H,5,12-13,20-23H2,(H,38,41)(H,42,43)/t30-,32+,36+/m1/s1. The molecule has 4 aromatic carbocycles. The number of thioether (sulfide) groups is 1. The Bertz CT molecular complexity index is 1790. The summed E-state index contributed by atoms with van der Waals surface area (Å²) in [4.78, 5) is 27.7. The second kappa shape index (κ2) is 15.7. The summed E-state index contributed by atoms with van der Waals surface area (Å²) in [5.41, 5.74) is 6.76. The molecule has 10 heteroatoms. The number of amides is 1. The summed E-state index contributed by atoms with van der Waals surface area (Å²) in [7, 11) is 0. The largest absolute Gasteiger partial charge is 0.481 e. The lowest BCUT2D eigenvalue weighted by atomic mass is 9.99. The second-order valence-electron chi connectivity index (χ2n) is 11.5. The summed E-state index contributed by atoms with van der Waals surface area (Å²) < 4.78 is 15.4. The summed E-state index contributed by atoms with van der Waals surface area (Å²) >= 11 is 3.40. The maximum Gasteiger partial charge on any atom is 0.303 e. The number of fused-ring (bicyclic) bond motifs is 1. The number of nitrogens with one attached hydrogen (secondary N) is 1. The maximum absolute atomic E-state index is 12.2. The number of rotatable bonds is 13. The molecule has 6 rings (SSSR count). The van der Waals surface area contributed by atoms with Gasteiger partial charge in [-0.3, -0.25) is 9.59 Å². The van der Waals surface area contributed by atoms with Gasteiger partial charge in [0.15, 0.2) is 10.6 Å². The highest BCUT2D eigenvalue weighted by Crippen LogP contribution is 2.41. The van der Waals surface area contributed by atoms with Gasteiger partial charge in [-0.05, 0) is 58.5 Å². The van der Waals surface area contributed by atoms with Crippen LogP contribution in [0.5, 0.6) is 0 Å². The highest BCUT2D eigenvalue weighted by atomic mass is 32.2. The first kappa shape index (κ1) is 32.9. The average molecular weight is 669 g/mol. The van der Waals surface area contributed by atoms with Gasteiger partial charge in [-0.2, -0.15) is 0 Å². The molecule has 47 heavy (non-hydrogen) atoms. The van der Waals surface area contributed by atoms with Gasteiger partial charge in [-0.25, -0.2) is 4.98 Å². The molecular formula is C37H36N2O6S2. The topological polar surface area (TPSA) is 118 Å². The molecule has 0 spiro atoms. The number of carbonyl (C=O) groups excluding carboxylic acids is 1. The number of nitrogens with zero attached hydrogens (tertiary/aromatic N) is 1. The molecule has 2 heterocycles. The first-order chi connectivity index (χ1) is 22.9. The van der Waals surface area contributed by atoms with Gasteiger partial charge >= 0.3 is 5.97 Å². The molecule has 8 nitrogen and oxygen atoms in total. The van der Waals surface area contributed by atoms with Crippen LogP contribution in [0.2, 0.25) is 0 Å². The number of hydrogen-bond donors (Lipinski definition) is 3. The number of benzene rings is 4. The number of hydrogen-bond acceptors (Lipinski definition) is 8. The van der Waals surface area contributed by atoms with Crippen molar-refractivity contribution in [3.8, 4) is 11.1 Å². The van der Waals surface area contributed by atoms with E-state index in [-0.39, 0.29) is 37.6 Å². The molecule has 242 valence electrons. The molecule has 0 aliphatic carbocycles. The Hall–Kier alpha value is -4.06. The second-order valence-corrected chi connectivity index (χ2v) is 13.8. The van der Waals surface area contributed by atoms with Crippen molar-refractivity contribution in [3.05, 3.63) is 119 Å². The Morgan fingerprint density at radius 1 is 0.872 bits per heavy atom. The third-order valence-corrected chi connectivity index (χ3v) is 10.3. The van der Waals surface area contributed by atoms with Gasteiger partial charge in [0.1, 0.15) is 0 Å². The molecule has 1 aliphatic rings. The van der Waals surface area contributed by atoms with Crippen LogP contribution in [0.25, 0.3) is 21.3 Å². The number of carboxylic acid groups (broad SMARTS) is 1. The van der Waals surface area contributed by atoms with Gasteiger partial charge in [0, 0.05) is 37.1 Å². The lowest BCUT2D eigenvalue weighted by Gasteiger charge is -2.36. The molecule has 3 N–H and O–H groups in total. The van der Waals surface area contributed by atoms with Crippen LogP contribution in [0.1, 0.15) is 60.3 Å². The molecule has 1 aromatic heterocycles. The normalized spacial score (nSPS) is 17.9. The lowest BCUT2D eigenvalue weighted by Crippen LogP contribution is -2.31. The van der Waals surface area contributed by atoms with Crippen molar-refractivity contribution >= 4 is 45.2 Å². The number of aliphatic hydroxyl groups excluding tert-OH is 1. The first-order valence-electron chi connectivity index (χ1n) is 15.6. The predicted molar refractivity (Wildman–Crippen MR) is 184 cm³/mol. The number of aliphatic carboxylic acids is 1. The summed E-state index contributed by atoms with van der Waals surface area (Å²) in [5, 5.41) is 21.2. The summed E-state index contributed by atoms with van der Waals surface area (Å²) in [6.07, 6.45) is 0.315. The molecule has 0 saturated carbocycles. The van der Waals surface area contributed by atoms with E-state index in [2.05, 4.69) is 17.4 Å². The lowest BCUT2D eigenvalue weighted by molar-refractivity contribution is -0.245. The maximum atomic E-state index is 12.2. The van der Waals surface area contributed by atoms with Crippen LogP contribution < -0.4 is 5.32 Å². The van der Waals surface area contributed by atoms with Crippen LogP contribution >= 0.6 is 23.1 Å². The van der Waals surface area contributed by atoms with Gasteiger partial charge < -0.3 is 25.0 Å². The van der Waals surface area contributed by atoms with E-state index in [1.54, 1.807) is 23.1 Å². The van der Waals surface area contributed by atoms with Gasteiger partial charge in [-0.15, -0.1) is 11.3 Å². The minimum Gasteiger partial charge on any atom is -0.481 e. The number of thiazole rings is 1. The zero-order chi connectivity index (χ0) is 32.6. The Balaban J connectivity index is 1.17. The first-order valence-corrected chi connectivity index (χ1v) is 17.4. The Labute approximate surface area is 281 Å². The monoisotopic (exact) mass is 668 g/mol. The fraction of sp³-hybridized carbons (Fsp3) is 0.270. The van der Waals surface area contributed by atoms with Crippen molar-refractivity contribution in [3.63, 3.8) is 0 Å². The van der Waals surface area contributed by atoms with Crippen LogP contribution in [0.15, 0.2) is 101 Å². The zero-order valence-electron chi connectivity index (χ0n) is 25.7. The van der Waals surface area contributed by atoms with E-state index in [1.165, 1.54) is 4.70 Å². The summed E-state index contributed by atoms with van der Waals surface area (Å²) in [6, 6.07) is 32.2. The van der Waals surface area contributed by atoms with Gasteiger partial charge in [0.25, 0.3) is 0 Å². The number of aromatic nitrogens is 1. The molecule has 1 saturated heterocycles. The summed E-state index contributed by atoms with van der Waals surface area (Å²) in [6.45, 7) is 0.352. The zero-order valence-corrected chi connectivity index (χ0v) is 27.3. The van der Waals surface area contributed by atoms with Crippen molar-refractivity contribution < 1.29 is 29.3 Å². The molecular weight excluding hydrogens is 633 g/mol. The van der Waals surface area contributed by atoms with Crippen molar-refractivity contribution in [1.82, 2.24) is 10.3 Å². The van der Waals surface area contributed by atoms with Gasteiger partial charge in [-0.1, -0.05) is 84.6 Å². The van der Waals surface area contributed by atoms with Crippen molar-refractivity contribution in [2.45, 2.75) is 61.7 Å². The SMILES string of the molecule is O=C(O)CCCC(=O)NCc1cccc(-c2cccc([C@H]3O[C@@H](CSc4nc5ccccc5s4)C[C@@H](c4ccc(CO)cc4)O3)c2)c1. The smallest absolute Gasteiger partial charge is 0.303 e. The van der Waals surface area contributed by atoms with Crippen molar-refractivity contribution in [2.24, 2.45) is 0 Å². The molecule has 3 atom stereocenters. The van der Waals surface area contributed by atoms with Crippen LogP contribution in [0, 0.1) is 0 Å². The number of carbonyl (C=O) groups is 2. The van der Waals surface area contributed by atoms with E-state index >= 15 is 0 Å². The number of carboxylic acids is 1. The van der Waals surface area contributed by atoms with Gasteiger partial charge in [0.2, 0.25) is 5.91 Å². The highest BCUT2D eigenvalue weighted by molar-refractivity contribution is 8.01. The minimum atomic E-state index is -0.900. The van der Waals surface area contributed by atoms with Gasteiger partial charge in [0.05, 0.1) is 29.0 Å². The predicted octanol–water partition coefficient (Wildman–Crippen LogP) is 7.66. The fourth-order valence-corrected chi connectivity index (χ4v) is 7.63. The van der Waals surface area contributed by atoms with E-state index in [1.807, 2.05) is 84.9 Å². The molecule has 1 amide bonds. The van der Waals surface area contributed by atoms with E-state index in [4.69, 9.17) is 19.6 Å². The van der Waals surface area contributed by atoms with Crippen LogP contribution in [-0.4, -0.2) is 38.9 Å². The van der Waals surface area contributed by atoms with E-state index in [0.717, 1.165) is 49.0 Å². The Morgan fingerprint density at radius 2 is 1.66 bits per heavy atom. The summed E-state index contributed by atoms with van der Waals surface area (Å²) in [5.74, 6) is -0.334. The van der Waals surface area contributed by atoms with E-state index < -0.39 is 12.3 Å². The third kappa shape index (κ3) is 8.85. The van der Waals surface area contributed by atoms with Crippen molar-refractivity contribution in [1.29, 1.82) is 0 Å². The van der Waals surface area contributed by atoms with E-state index in [0.29, 0.717) is 19.4 Å². The minimum absolute atomic E-state index is 0.00781. The molecule has 1 fully saturated rings. The molecule has 1 aliphatic heterocycles. The fourth-order valence-electron chi connectivity index (χ4n) is 5.51. The highest BCUT2D eigenvalue weighted by Gasteiger charge is 2.32. The third-order valence-electron chi connectivity index (χ3n) is 7.99. The van der Waals surface area contributed by atoms with Crippen LogP contribution in [-0.2, 0) is 32.2 Å². The Morgan fingerprint density at radius 3 is 2.45 bits per heavy atom. The number of ether oxygens (including phenoxy) is 2. The molecule has 5 aromatic rings. The molecule has 0 unspecified atom stereocenters. The Kier molecular flexibility index (Phi) is 11.0. The molecule has 0 radical (unpaired) electrons. The number of para-hydroxylation sites is 1. The van der Waals surface area contributed by atoms with Crippen molar-refractivity contribution in [2.75, 3.05) is 5.75 Å². The average Bonchev–Trinajstić information content (AvgIpc) is 3.53. The number of aliphatic hydroxyl groups is 1. The molecule has 0 bridgehead atoms. The quantitative estimate of drug-likeness (QED) is 0.110. The van der Waals surface area contributed by atoms with Crippen LogP contribution in [0.4, 0.5) is 0 Å². The van der Waals surface area contributed by atoms with E-state index in [9.17, 15) is 14.7 Å². The van der Waals surface area contributed by atoms with Crippen LogP contribution in [0.3, 0.4) is 0 Å².